The molecule has 0 heterocycles. The third kappa shape index (κ3) is 7.84. The molecule has 0 aromatic heterocycles. The summed E-state index contributed by atoms with van der Waals surface area (Å²) in [6.45, 7) is 5.79. The molecule has 2 rings (SSSR count). The maximum Gasteiger partial charge on any atom is 0.421 e. The molecule has 0 saturated carbocycles. The van der Waals surface area contributed by atoms with Crippen molar-refractivity contribution in [3.05, 3.63) is 69.3 Å². The zero-order valence-corrected chi connectivity index (χ0v) is 27.5. The Morgan fingerprint density at radius 3 is 1.47 bits per heavy atom. The average molecular weight is 728 g/mol. The molecule has 0 radical (unpaired) electrons. The number of rotatable bonds is 8. The van der Waals surface area contributed by atoms with Gasteiger partial charge in [-0.1, -0.05) is 26.0 Å². The molecule has 4 atom stereocenters. The second-order valence-corrected chi connectivity index (χ2v) is 13.5. The summed E-state index contributed by atoms with van der Waals surface area (Å²) in [6, 6.07) is 3.30. The lowest BCUT2D eigenvalue weighted by Crippen LogP contribution is -2.44. The molecule has 0 spiro atoms. The van der Waals surface area contributed by atoms with Crippen molar-refractivity contribution in [3.8, 4) is 0 Å². The van der Waals surface area contributed by atoms with Gasteiger partial charge in [0, 0.05) is 23.1 Å². The second kappa shape index (κ2) is 12.3. The van der Waals surface area contributed by atoms with E-state index in [9.17, 15) is 73.1 Å². The Morgan fingerprint density at radius 2 is 1.06 bits per heavy atom. The Morgan fingerprint density at radius 1 is 0.612 bits per heavy atom. The number of halogens is 12. The molecule has 2 aromatic carbocycles. The molecule has 278 valence electrons. The van der Waals surface area contributed by atoms with Crippen molar-refractivity contribution in [2.75, 3.05) is 5.73 Å². The molecule has 0 aliphatic heterocycles. The number of hydrogen-bond acceptors (Lipinski definition) is 5. The highest BCUT2D eigenvalue weighted by molar-refractivity contribution is 5.71. The summed E-state index contributed by atoms with van der Waals surface area (Å²) in [7, 11) is 0. The molecule has 0 bridgehead atoms. The highest BCUT2D eigenvalue weighted by Crippen LogP contribution is 2.50. The van der Waals surface area contributed by atoms with E-state index < -0.39 is 92.5 Å². The number of anilines is 1. The van der Waals surface area contributed by atoms with Crippen LogP contribution in [0, 0.1) is 13.8 Å². The van der Waals surface area contributed by atoms with Gasteiger partial charge in [0.15, 0.2) is 22.4 Å². The first-order valence-corrected chi connectivity index (χ1v) is 14.3. The second-order valence-electron chi connectivity index (χ2n) is 13.5. The van der Waals surface area contributed by atoms with E-state index in [1.54, 1.807) is 0 Å². The third-order valence-corrected chi connectivity index (χ3v) is 8.77. The Hall–Kier alpha value is -3.02. The minimum absolute atomic E-state index is 0.0440. The van der Waals surface area contributed by atoms with Crippen LogP contribution in [-0.2, 0) is 16.6 Å². The first-order chi connectivity index (χ1) is 21.3. The average Bonchev–Trinajstić information content (AvgIpc) is 2.85. The molecule has 0 fully saturated rings. The molecule has 5 nitrogen and oxygen atoms in total. The van der Waals surface area contributed by atoms with E-state index in [1.807, 2.05) is 0 Å². The Balaban J connectivity index is 3.18. The molecule has 17 heteroatoms. The third-order valence-electron chi connectivity index (χ3n) is 8.77. The van der Waals surface area contributed by atoms with Gasteiger partial charge in [0.25, 0.3) is 0 Å². The van der Waals surface area contributed by atoms with Crippen molar-refractivity contribution in [1.29, 1.82) is 0 Å². The van der Waals surface area contributed by atoms with Gasteiger partial charge in [-0.05, 0) is 98.7 Å². The van der Waals surface area contributed by atoms with Gasteiger partial charge in [-0.25, -0.2) is 0 Å². The predicted molar refractivity (Wildman–Crippen MR) is 156 cm³/mol. The van der Waals surface area contributed by atoms with Crippen molar-refractivity contribution in [2.24, 2.45) is 0 Å². The first kappa shape index (κ1) is 42.1. The summed E-state index contributed by atoms with van der Waals surface area (Å²) in [5.41, 5.74) is -16.4. The first-order valence-electron chi connectivity index (χ1n) is 14.3. The van der Waals surface area contributed by atoms with Crippen LogP contribution < -0.4 is 5.73 Å². The SMILES string of the molecule is Cc1cc(C(C)(C)c2c(C)cc(/C(=C/C(C)(O)C(F)(F)F)CC(C)(O)C(F)(F)F)cc2C(C)(O)C(F)(F)F)cc(C(C)(O)C(F)(F)F)c1N. The Bertz CT molecular complexity index is 1590. The van der Waals surface area contributed by atoms with Gasteiger partial charge in [-0.3, -0.25) is 0 Å². The normalized spacial score (nSPS) is 19.1. The van der Waals surface area contributed by atoms with Crippen molar-refractivity contribution in [1.82, 2.24) is 0 Å². The zero-order chi connectivity index (χ0) is 38.9. The van der Waals surface area contributed by atoms with E-state index in [0.717, 1.165) is 19.1 Å². The van der Waals surface area contributed by atoms with Crippen molar-refractivity contribution in [2.45, 2.75) is 114 Å². The molecule has 0 saturated heterocycles. The van der Waals surface area contributed by atoms with Crippen LogP contribution in [0.1, 0.15) is 86.9 Å². The van der Waals surface area contributed by atoms with Crippen LogP contribution in [0.2, 0.25) is 0 Å². The van der Waals surface area contributed by atoms with Gasteiger partial charge in [-0.2, -0.15) is 52.7 Å². The number of alkyl halides is 12. The predicted octanol–water partition coefficient (Wildman–Crippen LogP) is 8.15. The quantitative estimate of drug-likeness (QED) is 0.140. The van der Waals surface area contributed by atoms with Gasteiger partial charge in [0.05, 0.1) is 0 Å². The van der Waals surface area contributed by atoms with Gasteiger partial charge < -0.3 is 26.2 Å². The largest absolute Gasteiger partial charge is 0.421 e. The van der Waals surface area contributed by atoms with Crippen LogP contribution in [-0.4, -0.2) is 56.3 Å². The van der Waals surface area contributed by atoms with E-state index in [1.165, 1.54) is 26.8 Å². The van der Waals surface area contributed by atoms with Crippen molar-refractivity contribution < 1.29 is 73.1 Å². The molecule has 0 aliphatic rings. The van der Waals surface area contributed by atoms with Crippen molar-refractivity contribution in [3.63, 3.8) is 0 Å². The summed E-state index contributed by atoms with van der Waals surface area (Å²) < 4.78 is 167. The highest BCUT2D eigenvalue weighted by atomic mass is 19.4. The summed E-state index contributed by atoms with van der Waals surface area (Å²) in [4.78, 5) is 0. The Kier molecular flexibility index (Phi) is 10.6. The molecule has 6 N–H and O–H groups in total. The minimum Gasteiger partial charge on any atom is -0.398 e. The van der Waals surface area contributed by atoms with Crippen LogP contribution in [0.25, 0.3) is 5.57 Å². The monoisotopic (exact) mass is 727 g/mol. The van der Waals surface area contributed by atoms with Gasteiger partial charge in [0.1, 0.15) is 0 Å². The fourth-order valence-corrected chi connectivity index (χ4v) is 5.33. The lowest BCUT2D eigenvalue weighted by molar-refractivity contribution is -0.259. The molecule has 0 aliphatic carbocycles. The topological polar surface area (TPSA) is 107 Å². The number of hydrogen-bond donors (Lipinski definition) is 5. The molecule has 0 amide bonds. The van der Waals surface area contributed by atoms with E-state index >= 15 is 0 Å². The summed E-state index contributed by atoms with van der Waals surface area (Å²) in [5, 5.41) is 41.7. The minimum atomic E-state index is -5.55. The van der Waals surface area contributed by atoms with E-state index in [4.69, 9.17) is 5.73 Å². The van der Waals surface area contributed by atoms with Gasteiger partial charge >= 0.3 is 24.7 Å². The van der Waals surface area contributed by atoms with E-state index in [-0.39, 0.29) is 43.5 Å². The van der Waals surface area contributed by atoms with Crippen LogP contribution in [0.4, 0.5) is 58.4 Å². The molecular weight excluding hydrogens is 690 g/mol. The van der Waals surface area contributed by atoms with Gasteiger partial charge in [0.2, 0.25) is 0 Å². The summed E-state index contributed by atoms with van der Waals surface area (Å²) in [6.07, 6.45) is -23.6. The highest BCUT2D eigenvalue weighted by Gasteiger charge is 2.56. The lowest BCUT2D eigenvalue weighted by Gasteiger charge is -2.38. The molecule has 2 aromatic rings. The smallest absolute Gasteiger partial charge is 0.398 e. The summed E-state index contributed by atoms with van der Waals surface area (Å²) in [5.74, 6) is 0. The molecular formula is C32H37F12NO4. The maximum absolute atomic E-state index is 14.5. The number of nitrogen functional groups attached to an aromatic ring is 1. The van der Waals surface area contributed by atoms with Gasteiger partial charge in [-0.15, -0.1) is 0 Å². The molecule has 4 unspecified atom stereocenters. The standard InChI is InChI=1S/C32H37F12NO4/c1-15-9-17(18(13-25(5,46)29(33,34)35)14-26(6,47)30(36,37)38)11-20(27(7,48)31(39,40)41)22(15)24(3,4)19-10-16(2)23(45)21(12-19)28(8,49)32(42,43)44/h9-13,46-49H,14,45H2,1-8H3/b18-13+. The zero-order valence-electron chi connectivity index (χ0n) is 27.5. The van der Waals surface area contributed by atoms with Crippen LogP contribution in [0.3, 0.4) is 0 Å². The summed E-state index contributed by atoms with van der Waals surface area (Å²) >= 11 is 0. The number of aliphatic hydroxyl groups is 4. The van der Waals surface area contributed by atoms with E-state index in [0.29, 0.717) is 13.0 Å². The number of aryl methyl sites for hydroxylation is 2. The van der Waals surface area contributed by atoms with Crippen LogP contribution in [0.5, 0.6) is 0 Å². The lowest BCUT2D eigenvalue weighted by atomic mass is 9.69. The Labute approximate surface area is 274 Å². The fraction of sp³-hybridized carbons (Fsp3) is 0.562. The van der Waals surface area contributed by atoms with E-state index in [2.05, 4.69) is 0 Å². The van der Waals surface area contributed by atoms with Crippen LogP contribution >= 0.6 is 0 Å². The number of nitrogens with two attached hydrogens (primary N) is 1. The van der Waals surface area contributed by atoms with Crippen molar-refractivity contribution >= 4 is 11.3 Å². The van der Waals surface area contributed by atoms with Crippen LogP contribution in [0.15, 0.2) is 30.3 Å². The molecule has 49 heavy (non-hydrogen) atoms. The number of benzene rings is 2. The maximum atomic E-state index is 14.5. The fourth-order valence-electron chi connectivity index (χ4n) is 5.33.